The van der Waals surface area contributed by atoms with Crippen molar-refractivity contribution in [3.8, 4) is 0 Å². The second-order valence-electron chi connectivity index (χ2n) is 3.75. The minimum atomic E-state index is -0.919. The lowest BCUT2D eigenvalue weighted by Crippen LogP contribution is -2.28. The van der Waals surface area contributed by atoms with E-state index in [-0.39, 0.29) is 12.1 Å². The molecule has 0 spiro atoms. The van der Waals surface area contributed by atoms with Gasteiger partial charge in [0.15, 0.2) is 0 Å². The van der Waals surface area contributed by atoms with Crippen LogP contribution in [0.4, 0.5) is 4.39 Å². The maximum absolute atomic E-state index is 12.9. The predicted octanol–water partition coefficient (Wildman–Crippen LogP) is 1.88. The Kier molecular flexibility index (Phi) is 3.74. The highest BCUT2D eigenvalue weighted by atomic mass is 19.1. The van der Waals surface area contributed by atoms with Crippen molar-refractivity contribution in [2.75, 3.05) is 6.54 Å². The van der Waals surface area contributed by atoms with Gasteiger partial charge < -0.3 is 14.8 Å². The number of hydrogen-bond donors (Lipinski definition) is 2. The first-order chi connectivity index (χ1) is 8.66. The van der Waals surface area contributed by atoms with Gasteiger partial charge in [0.05, 0.1) is 12.8 Å². The molecule has 2 N–H and O–H groups in total. The molecule has 18 heavy (non-hydrogen) atoms. The Balaban J connectivity index is 1.92. The van der Waals surface area contributed by atoms with Crippen molar-refractivity contribution in [3.63, 3.8) is 0 Å². The Labute approximate surface area is 103 Å². The van der Waals surface area contributed by atoms with Crippen LogP contribution in [0, 0.1) is 5.82 Å². The Bertz CT molecular complexity index is 525. The maximum atomic E-state index is 12.9. The van der Waals surface area contributed by atoms with E-state index >= 15 is 0 Å². The third kappa shape index (κ3) is 2.95. The summed E-state index contributed by atoms with van der Waals surface area (Å²) >= 11 is 0. The summed E-state index contributed by atoms with van der Waals surface area (Å²) < 4.78 is 17.9. The van der Waals surface area contributed by atoms with E-state index in [1.54, 1.807) is 12.1 Å². The van der Waals surface area contributed by atoms with Crippen molar-refractivity contribution in [2.24, 2.45) is 0 Å². The molecule has 0 aliphatic carbocycles. The molecule has 0 saturated heterocycles. The van der Waals surface area contributed by atoms with Crippen LogP contribution in [0.3, 0.4) is 0 Å². The second-order valence-corrected chi connectivity index (χ2v) is 3.75. The molecular weight excluding hydrogens is 237 g/mol. The van der Waals surface area contributed by atoms with Crippen LogP contribution in [-0.4, -0.2) is 17.6 Å². The van der Waals surface area contributed by atoms with Crippen molar-refractivity contribution in [1.82, 2.24) is 5.32 Å². The molecule has 5 heteroatoms. The van der Waals surface area contributed by atoms with E-state index in [0.29, 0.717) is 5.76 Å². The summed E-state index contributed by atoms with van der Waals surface area (Å²) in [5.41, 5.74) is 0.210. The van der Waals surface area contributed by atoms with Gasteiger partial charge in [-0.3, -0.25) is 4.79 Å². The van der Waals surface area contributed by atoms with Gasteiger partial charge in [-0.1, -0.05) is 6.07 Å². The van der Waals surface area contributed by atoms with Gasteiger partial charge in [-0.2, -0.15) is 0 Å². The van der Waals surface area contributed by atoms with Gasteiger partial charge in [-0.15, -0.1) is 0 Å². The SMILES string of the molecule is O=C(NCC(O)c1ccco1)c1cccc(F)c1. The lowest BCUT2D eigenvalue weighted by molar-refractivity contribution is 0.0900. The minimum absolute atomic E-state index is 0.00284. The molecule has 1 heterocycles. The number of aliphatic hydroxyl groups excluding tert-OH is 1. The summed E-state index contributed by atoms with van der Waals surface area (Å²) in [5, 5.41) is 12.2. The molecule has 0 aliphatic rings. The van der Waals surface area contributed by atoms with Crippen molar-refractivity contribution in [2.45, 2.75) is 6.10 Å². The Morgan fingerprint density at radius 2 is 2.22 bits per heavy atom. The van der Waals surface area contributed by atoms with Gasteiger partial charge in [-0.25, -0.2) is 4.39 Å². The van der Waals surface area contributed by atoms with Gasteiger partial charge in [0.1, 0.15) is 17.7 Å². The van der Waals surface area contributed by atoms with E-state index in [1.165, 1.54) is 24.5 Å². The second kappa shape index (κ2) is 5.46. The molecule has 2 rings (SSSR count). The van der Waals surface area contributed by atoms with E-state index in [4.69, 9.17) is 4.42 Å². The zero-order valence-electron chi connectivity index (χ0n) is 9.47. The molecule has 4 nitrogen and oxygen atoms in total. The third-order valence-corrected chi connectivity index (χ3v) is 2.41. The van der Waals surface area contributed by atoms with Gasteiger partial charge in [-0.05, 0) is 30.3 Å². The van der Waals surface area contributed by atoms with Crippen molar-refractivity contribution in [1.29, 1.82) is 0 Å². The van der Waals surface area contributed by atoms with Crippen molar-refractivity contribution < 1.29 is 18.7 Å². The molecule has 0 radical (unpaired) electrons. The van der Waals surface area contributed by atoms with Crippen LogP contribution in [0.2, 0.25) is 0 Å². The lowest BCUT2D eigenvalue weighted by atomic mass is 10.2. The fraction of sp³-hybridized carbons (Fsp3) is 0.154. The molecule has 1 amide bonds. The Morgan fingerprint density at radius 3 is 2.89 bits per heavy atom. The standard InChI is InChI=1S/C13H12FNO3/c14-10-4-1-3-9(7-10)13(17)15-8-11(16)12-5-2-6-18-12/h1-7,11,16H,8H2,(H,15,17). The maximum Gasteiger partial charge on any atom is 0.251 e. The van der Waals surface area contributed by atoms with Crippen molar-refractivity contribution in [3.05, 3.63) is 59.8 Å². The molecule has 0 saturated carbocycles. The molecule has 1 unspecified atom stereocenters. The summed E-state index contributed by atoms with van der Waals surface area (Å²) in [4.78, 5) is 11.7. The first-order valence-electron chi connectivity index (χ1n) is 5.42. The number of halogens is 1. The minimum Gasteiger partial charge on any atom is -0.467 e. The summed E-state index contributed by atoms with van der Waals surface area (Å²) in [7, 11) is 0. The van der Waals surface area contributed by atoms with Crippen LogP contribution in [-0.2, 0) is 0 Å². The average Bonchev–Trinajstić information content (AvgIpc) is 2.89. The normalized spacial score (nSPS) is 12.1. The number of benzene rings is 1. The number of amides is 1. The monoisotopic (exact) mass is 249 g/mol. The summed E-state index contributed by atoms with van der Waals surface area (Å²) in [6.45, 7) is 0.00284. The number of rotatable bonds is 4. The number of hydrogen-bond acceptors (Lipinski definition) is 3. The van der Waals surface area contributed by atoms with Crippen molar-refractivity contribution >= 4 is 5.91 Å². The van der Waals surface area contributed by atoms with Gasteiger partial charge in [0, 0.05) is 5.56 Å². The van der Waals surface area contributed by atoms with Crippen LogP contribution in [0.25, 0.3) is 0 Å². The van der Waals surface area contributed by atoms with E-state index < -0.39 is 17.8 Å². The van der Waals surface area contributed by atoms with Crippen LogP contribution >= 0.6 is 0 Å². The van der Waals surface area contributed by atoms with Gasteiger partial charge in [0.2, 0.25) is 0 Å². The highest BCUT2D eigenvalue weighted by Crippen LogP contribution is 2.12. The van der Waals surface area contributed by atoms with Crippen LogP contribution in [0.1, 0.15) is 22.2 Å². The average molecular weight is 249 g/mol. The van der Waals surface area contributed by atoms with Gasteiger partial charge in [0.25, 0.3) is 5.91 Å². The molecule has 0 fully saturated rings. The van der Waals surface area contributed by atoms with E-state index in [9.17, 15) is 14.3 Å². The smallest absolute Gasteiger partial charge is 0.251 e. The molecule has 2 aromatic rings. The first kappa shape index (κ1) is 12.3. The van der Waals surface area contributed by atoms with Crippen LogP contribution < -0.4 is 5.32 Å². The third-order valence-electron chi connectivity index (χ3n) is 2.41. The largest absolute Gasteiger partial charge is 0.467 e. The molecule has 0 aliphatic heterocycles. The highest BCUT2D eigenvalue weighted by molar-refractivity contribution is 5.94. The molecule has 0 bridgehead atoms. The molecule has 1 aromatic heterocycles. The summed E-state index contributed by atoms with van der Waals surface area (Å²) in [6, 6.07) is 8.60. The zero-order chi connectivity index (χ0) is 13.0. The predicted molar refractivity (Wildman–Crippen MR) is 62.4 cm³/mol. The highest BCUT2D eigenvalue weighted by Gasteiger charge is 2.12. The summed E-state index contributed by atoms with van der Waals surface area (Å²) in [6.07, 6.45) is 0.518. The summed E-state index contributed by atoms with van der Waals surface area (Å²) in [5.74, 6) is -0.552. The zero-order valence-corrected chi connectivity index (χ0v) is 9.47. The fourth-order valence-corrected chi connectivity index (χ4v) is 1.50. The number of nitrogens with one attached hydrogen (secondary N) is 1. The lowest BCUT2D eigenvalue weighted by Gasteiger charge is -2.09. The Morgan fingerprint density at radius 1 is 1.39 bits per heavy atom. The van der Waals surface area contributed by atoms with E-state index in [1.807, 2.05) is 0 Å². The number of carbonyl (C=O) groups is 1. The van der Waals surface area contributed by atoms with E-state index in [0.717, 1.165) is 6.07 Å². The topological polar surface area (TPSA) is 62.5 Å². The fourth-order valence-electron chi connectivity index (χ4n) is 1.50. The molecule has 94 valence electrons. The molecule has 1 aromatic carbocycles. The quantitative estimate of drug-likeness (QED) is 0.869. The Hall–Kier alpha value is -2.14. The number of aliphatic hydroxyl groups is 1. The van der Waals surface area contributed by atoms with E-state index in [2.05, 4.69) is 5.32 Å². The molecular formula is C13H12FNO3. The van der Waals surface area contributed by atoms with Gasteiger partial charge >= 0.3 is 0 Å². The number of furan rings is 1. The molecule has 1 atom stereocenters. The first-order valence-corrected chi connectivity index (χ1v) is 5.42. The number of carbonyl (C=O) groups excluding carboxylic acids is 1. The van der Waals surface area contributed by atoms with Crippen LogP contribution in [0.15, 0.2) is 47.1 Å². The van der Waals surface area contributed by atoms with Crippen LogP contribution in [0.5, 0.6) is 0 Å².